The molecule has 0 N–H and O–H groups in total. The lowest BCUT2D eigenvalue weighted by atomic mass is 9.96. The van der Waals surface area contributed by atoms with E-state index in [1.807, 2.05) is 60.7 Å². The van der Waals surface area contributed by atoms with Crippen LogP contribution in [0.2, 0.25) is 5.02 Å². The Hall–Kier alpha value is -4.41. The summed E-state index contributed by atoms with van der Waals surface area (Å²) in [5.41, 5.74) is 4.95. The molecule has 0 aliphatic heterocycles. The Bertz CT molecular complexity index is 1580. The van der Waals surface area contributed by atoms with Crippen molar-refractivity contribution in [1.29, 1.82) is 5.26 Å². The average Bonchev–Trinajstić information content (AvgIpc) is 3.19. The number of ether oxygens (including phenoxy) is 1. The zero-order valence-electron chi connectivity index (χ0n) is 18.1. The zero-order chi connectivity index (χ0) is 23.7. The van der Waals surface area contributed by atoms with E-state index in [-0.39, 0.29) is 12.2 Å². The molecular weight excluding hydrogens is 450 g/mol. The Morgan fingerprint density at radius 2 is 1.74 bits per heavy atom. The fourth-order valence-corrected chi connectivity index (χ4v) is 3.98. The van der Waals surface area contributed by atoms with Crippen LogP contribution in [0.4, 0.5) is 0 Å². The van der Waals surface area contributed by atoms with Crippen LogP contribution in [0.3, 0.4) is 0 Å². The number of halogens is 1. The van der Waals surface area contributed by atoms with Crippen molar-refractivity contribution in [2.24, 2.45) is 0 Å². The molecule has 2 aromatic carbocycles. The summed E-state index contributed by atoms with van der Waals surface area (Å²) in [6, 6.07) is 22.5. The second kappa shape index (κ2) is 8.85. The molecular formula is C26H18ClN5O2. The molecule has 0 saturated carbocycles. The van der Waals surface area contributed by atoms with Crippen molar-refractivity contribution in [2.45, 2.75) is 6.54 Å². The van der Waals surface area contributed by atoms with Gasteiger partial charge in [-0.1, -0.05) is 41.9 Å². The summed E-state index contributed by atoms with van der Waals surface area (Å²) < 4.78 is 8.25. The van der Waals surface area contributed by atoms with E-state index < -0.39 is 0 Å². The zero-order valence-corrected chi connectivity index (χ0v) is 18.9. The number of rotatable bonds is 5. The van der Waals surface area contributed by atoms with Crippen LogP contribution in [0, 0.1) is 11.3 Å². The minimum absolute atomic E-state index is 0.234. The summed E-state index contributed by atoms with van der Waals surface area (Å²) in [5, 5.41) is 14.3. The number of aromatic nitrogens is 4. The molecule has 3 aromatic heterocycles. The minimum atomic E-state index is -0.267. The maximum atomic E-state index is 13.2. The molecule has 0 spiro atoms. The summed E-state index contributed by atoms with van der Waals surface area (Å²) in [5.74, 6) is 0.736. The first-order valence-corrected chi connectivity index (χ1v) is 10.8. The lowest BCUT2D eigenvalue weighted by Gasteiger charge is -2.12. The first-order chi connectivity index (χ1) is 16.6. The van der Waals surface area contributed by atoms with E-state index >= 15 is 0 Å². The molecule has 0 bridgehead atoms. The second-order valence-electron chi connectivity index (χ2n) is 7.64. The van der Waals surface area contributed by atoms with E-state index in [2.05, 4.69) is 10.1 Å². The molecule has 0 saturated heterocycles. The van der Waals surface area contributed by atoms with Gasteiger partial charge in [0, 0.05) is 23.0 Å². The SMILES string of the molecule is COc1ccc(-c2c(-c3ccc(Cl)cc3)ccn3c(=O)n(Cc4ccc(C#N)nc4)nc23)cc1. The van der Waals surface area contributed by atoms with Gasteiger partial charge in [0.05, 0.1) is 13.7 Å². The highest BCUT2D eigenvalue weighted by Crippen LogP contribution is 2.35. The highest BCUT2D eigenvalue weighted by atomic mass is 35.5. The predicted molar refractivity (Wildman–Crippen MR) is 130 cm³/mol. The molecule has 166 valence electrons. The number of hydrogen-bond donors (Lipinski definition) is 0. The van der Waals surface area contributed by atoms with E-state index in [0.717, 1.165) is 33.6 Å². The molecule has 8 heteroatoms. The molecule has 7 nitrogen and oxygen atoms in total. The lowest BCUT2D eigenvalue weighted by Crippen LogP contribution is -2.21. The van der Waals surface area contributed by atoms with E-state index in [1.54, 1.807) is 31.6 Å². The Kier molecular flexibility index (Phi) is 5.58. The third kappa shape index (κ3) is 3.91. The van der Waals surface area contributed by atoms with Crippen molar-refractivity contribution >= 4 is 17.2 Å². The van der Waals surface area contributed by atoms with Gasteiger partial charge in [-0.2, -0.15) is 5.26 Å². The molecule has 0 amide bonds. The van der Waals surface area contributed by atoms with Crippen LogP contribution >= 0.6 is 11.6 Å². The minimum Gasteiger partial charge on any atom is -0.497 e. The van der Waals surface area contributed by atoms with Crippen LogP contribution in [0.5, 0.6) is 5.75 Å². The molecule has 0 aliphatic rings. The Balaban J connectivity index is 1.70. The van der Waals surface area contributed by atoms with Crippen LogP contribution in [0.15, 0.2) is 83.9 Å². The van der Waals surface area contributed by atoms with Gasteiger partial charge in [0.25, 0.3) is 0 Å². The average molecular weight is 468 g/mol. The standard InChI is InChI=1S/C26H18ClN5O2/c1-34-22-10-5-19(6-11-22)24-23(18-3-7-20(27)8-4-18)12-13-31-25(24)30-32(26(31)33)16-17-2-9-21(14-28)29-15-17/h2-13,15H,16H2,1H3. The Morgan fingerprint density at radius 1 is 1.00 bits per heavy atom. The third-order valence-corrected chi connectivity index (χ3v) is 5.81. The molecule has 0 aliphatic carbocycles. The monoisotopic (exact) mass is 467 g/mol. The predicted octanol–water partition coefficient (Wildman–Crippen LogP) is 4.81. The van der Waals surface area contributed by atoms with Crippen LogP contribution < -0.4 is 10.4 Å². The van der Waals surface area contributed by atoms with Crippen LogP contribution in [-0.4, -0.2) is 26.3 Å². The van der Waals surface area contributed by atoms with Crippen molar-refractivity contribution in [3.63, 3.8) is 0 Å². The number of nitrogens with zero attached hydrogens (tertiary/aromatic N) is 5. The van der Waals surface area contributed by atoms with Gasteiger partial charge in [0.2, 0.25) is 0 Å². The van der Waals surface area contributed by atoms with Gasteiger partial charge in [0.1, 0.15) is 17.5 Å². The summed E-state index contributed by atoms with van der Waals surface area (Å²) >= 11 is 6.11. The number of nitriles is 1. The van der Waals surface area contributed by atoms with Crippen LogP contribution in [0.1, 0.15) is 11.3 Å². The van der Waals surface area contributed by atoms with Crippen molar-refractivity contribution in [3.8, 4) is 34.1 Å². The molecule has 0 atom stereocenters. The first-order valence-electron chi connectivity index (χ1n) is 10.4. The smallest absolute Gasteiger partial charge is 0.350 e. The van der Waals surface area contributed by atoms with Gasteiger partial charge in [0.15, 0.2) is 5.65 Å². The molecule has 3 heterocycles. The maximum Gasteiger partial charge on any atom is 0.350 e. The van der Waals surface area contributed by atoms with Crippen LogP contribution in [0.25, 0.3) is 27.9 Å². The van der Waals surface area contributed by atoms with Crippen molar-refractivity contribution in [1.82, 2.24) is 19.2 Å². The highest BCUT2D eigenvalue weighted by molar-refractivity contribution is 6.30. The van der Waals surface area contributed by atoms with Gasteiger partial charge in [-0.3, -0.25) is 0 Å². The number of fused-ring (bicyclic) bond motifs is 1. The van der Waals surface area contributed by atoms with Gasteiger partial charge >= 0.3 is 5.69 Å². The fraction of sp³-hybridized carbons (Fsp3) is 0.0769. The van der Waals surface area contributed by atoms with Crippen LogP contribution in [-0.2, 0) is 6.54 Å². The summed E-state index contributed by atoms with van der Waals surface area (Å²) in [6.07, 6.45) is 3.31. The van der Waals surface area contributed by atoms with E-state index in [9.17, 15) is 4.79 Å². The first kappa shape index (κ1) is 21.4. The highest BCUT2D eigenvalue weighted by Gasteiger charge is 2.18. The lowest BCUT2D eigenvalue weighted by molar-refractivity contribution is 0.415. The van der Waals surface area contributed by atoms with Gasteiger partial charge in [-0.05, 0) is 58.7 Å². The number of pyridine rings is 2. The third-order valence-electron chi connectivity index (χ3n) is 5.56. The van der Waals surface area contributed by atoms with Crippen molar-refractivity contribution < 1.29 is 4.74 Å². The maximum absolute atomic E-state index is 13.2. The molecule has 0 fully saturated rings. The summed E-state index contributed by atoms with van der Waals surface area (Å²) in [7, 11) is 1.62. The largest absolute Gasteiger partial charge is 0.497 e. The molecule has 0 radical (unpaired) electrons. The fourth-order valence-electron chi connectivity index (χ4n) is 3.85. The molecule has 34 heavy (non-hydrogen) atoms. The van der Waals surface area contributed by atoms with E-state index in [0.29, 0.717) is 16.4 Å². The molecule has 5 aromatic rings. The quantitative estimate of drug-likeness (QED) is 0.370. The van der Waals surface area contributed by atoms with Gasteiger partial charge in [-0.25, -0.2) is 18.9 Å². The number of benzene rings is 2. The molecule has 0 unspecified atom stereocenters. The molecule has 5 rings (SSSR count). The number of hydrogen-bond acceptors (Lipinski definition) is 5. The summed E-state index contributed by atoms with van der Waals surface area (Å²) in [6.45, 7) is 0.234. The Labute approximate surface area is 200 Å². The Morgan fingerprint density at radius 3 is 2.38 bits per heavy atom. The van der Waals surface area contributed by atoms with Gasteiger partial charge in [-0.15, -0.1) is 5.10 Å². The van der Waals surface area contributed by atoms with Gasteiger partial charge < -0.3 is 4.74 Å². The topological polar surface area (TPSA) is 85.2 Å². The van der Waals surface area contributed by atoms with Crippen molar-refractivity contribution in [3.05, 3.63) is 106 Å². The van der Waals surface area contributed by atoms with Crippen molar-refractivity contribution in [2.75, 3.05) is 7.11 Å². The van der Waals surface area contributed by atoms with E-state index in [1.165, 1.54) is 9.08 Å². The number of methoxy groups -OCH3 is 1. The summed E-state index contributed by atoms with van der Waals surface area (Å²) in [4.78, 5) is 17.3. The van der Waals surface area contributed by atoms with E-state index in [4.69, 9.17) is 21.6 Å². The second-order valence-corrected chi connectivity index (χ2v) is 8.07. The normalized spacial score (nSPS) is 10.9.